The summed E-state index contributed by atoms with van der Waals surface area (Å²) in [5.74, 6) is -4.29. The highest BCUT2D eigenvalue weighted by Gasteiger charge is 2.33. The Balaban J connectivity index is 1.76. The van der Waals surface area contributed by atoms with Gasteiger partial charge in [-0.3, -0.25) is 0 Å². The minimum atomic E-state index is -1.07. The van der Waals surface area contributed by atoms with Crippen molar-refractivity contribution in [3.8, 4) is 0 Å². The lowest BCUT2D eigenvalue weighted by Gasteiger charge is -2.33. The van der Waals surface area contributed by atoms with Gasteiger partial charge in [0.2, 0.25) is 0 Å². The molecule has 0 spiro atoms. The normalized spacial score (nSPS) is 12.6. The average molecular weight is 533 g/mol. The van der Waals surface area contributed by atoms with Crippen molar-refractivity contribution in [2.75, 3.05) is 0 Å². The molecule has 196 valence electrons. The van der Waals surface area contributed by atoms with Gasteiger partial charge < -0.3 is 20.4 Å². The fraction of sp³-hybridized carbons (Fsp3) is 0. The zero-order chi connectivity index (χ0) is 28.6. The van der Waals surface area contributed by atoms with Crippen molar-refractivity contribution < 1.29 is 39.6 Å². The van der Waals surface area contributed by atoms with E-state index in [9.17, 15) is 39.6 Å². The third-order valence-electron chi connectivity index (χ3n) is 6.68. The second-order valence-corrected chi connectivity index (χ2v) is 9.03. The van der Waals surface area contributed by atoms with Crippen molar-refractivity contribution in [1.82, 2.24) is 0 Å². The largest absolute Gasteiger partial charge is 0.478 e. The Labute approximate surface area is 227 Å². The average Bonchev–Trinajstić information content (AvgIpc) is 2.93. The monoisotopic (exact) mass is 532 g/mol. The molecule has 40 heavy (non-hydrogen) atoms. The van der Waals surface area contributed by atoms with Crippen molar-refractivity contribution in [3.63, 3.8) is 0 Å². The molecule has 0 bridgehead atoms. The summed E-state index contributed by atoms with van der Waals surface area (Å²) in [6.07, 6.45) is 0. The third kappa shape index (κ3) is 4.65. The molecule has 8 heteroatoms. The summed E-state index contributed by atoms with van der Waals surface area (Å²) < 4.78 is 0. The van der Waals surface area contributed by atoms with Gasteiger partial charge >= 0.3 is 23.9 Å². The predicted octanol–water partition coefficient (Wildman–Crippen LogP) is 6.01. The lowest BCUT2D eigenvalue weighted by molar-refractivity contribution is 0.0686. The number of carbonyl (C=O) groups is 4. The van der Waals surface area contributed by atoms with Crippen LogP contribution in [0.15, 0.2) is 97.1 Å². The number of hydrogen-bond donors (Lipinski definition) is 4. The zero-order valence-corrected chi connectivity index (χ0v) is 20.7. The molecular formula is C32H20O8. The van der Waals surface area contributed by atoms with Crippen LogP contribution in [0.1, 0.15) is 63.7 Å². The maximum Gasteiger partial charge on any atom is 0.335 e. The third-order valence-corrected chi connectivity index (χ3v) is 6.68. The molecule has 0 amide bonds. The van der Waals surface area contributed by atoms with E-state index in [4.69, 9.17) is 0 Å². The van der Waals surface area contributed by atoms with E-state index < -0.39 is 23.9 Å². The summed E-state index contributed by atoms with van der Waals surface area (Å²) in [5, 5.41) is 37.5. The smallest absolute Gasteiger partial charge is 0.335 e. The second kappa shape index (κ2) is 10.2. The van der Waals surface area contributed by atoms with Gasteiger partial charge in [-0.2, -0.15) is 0 Å². The number of benzene rings is 4. The highest BCUT2D eigenvalue weighted by atomic mass is 16.4. The van der Waals surface area contributed by atoms with E-state index in [-0.39, 0.29) is 22.3 Å². The van der Waals surface area contributed by atoms with Crippen LogP contribution in [0, 0.1) is 0 Å². The number of carboxylic acid groups (broad SMARTS) is 4. The Morgan fingerprint density at radius 1 is 0.300 bits per heavy atom. The van der Waals surface area contributed by atoms with Crippen LogP contribution in [-0.4, -0.2) is 44.3 Å². The summed E-state index contributed by atoms with van der Waals surface area (Å²) in [4.78, 5) is 45.9. The molecule has 0 saturated carbocycles. The highest BCUT2D eigenvalue weighted by molar-refractivity contribution is 6.43. The Hall–Kier alpha value is -5.76. The van der Waals surface area contributed by atoms with Crippen LogP contribution in [-0.2, 0) is 0 Å². The van der Waals surface area contributed by atoms with Gasteiger partial charge in [-0.1, -0.05) is 48.5 Å². The summed E-state index contributed by atoms with van der Waals surface area (Å²) in [6.45, 7) is 0. The SMILES string of the molecule is O=C(O)c1ccc(C2=C(c3ccc(C(=O)O)cc3)C(c3ccc(C(=O)O)cc3)=C2c2ccc(C(=O)O)cc2)cc1. The molecule has 0 atom stereocenters. The Morgan fingerprint density at radius 3 is 0.575 bits per heavy atom. The lowest BCUT2D eigenvalue weighted by atomic mass is 9.69. The fourth-order valence-electron chi connectivity index (χ4n) is 4.71. The van der Waals surface area contributed by atoms with E-state index in [0.29, 0.717) is 22.3 Å². The van der Waals surface area contributed by atoms with E-state index in [1.807, 2.05) is 0 Å². The number of allylic oxidation sites excluding steroid dienone is 4. The van der Waals surface area contributed by atoms with Crippen LogP contribution in [0.4, 0.5) is 0 Å². The summed E-state index contributed by atoms with van der Waals surface area (Å²) >= 11 is 0. The first-order chi connectivity index (χ1) is 19.2. The quantitative estimate of drug-likeness (QED) is 0.215. The Morgan fingerprint density at radius 2 is 0.450 bits per heavy atom. The summed E-state index contributed by atoms with van der Waals surface area (Å²) in [5.41, 5.74) is 6.23. The topological polar surface area (TPSA) is 149 Å². The molecule has 4 N–H and O–H groups in total. The van der Waals surface area contributed by atoms with Gasteiger partial charge in [-0.15, -0.1) is 0 Å². The number of carboxylic acids is 4. The van der Waals surface area contributed by atoms with E-state index in [1.54, 1.807) is 48.5 Å². The standard InChI is InChI=1S/C32H20O8/c33-29(34)21-9-1-17(2-10-21)25-26(18-3-11-22(12-4-18)30(35)36)28(20-7-15-24(16-8-20)32(39)40)27(25)19-5-13-23(14-6-19)31(37)38/h1-16H,(H,33,34)(H,35,36)(H,37,38)(H,39,40). The van der Waals surface area contributed by atoms with Gasteiger partial charge in [0.15, 0.2) is 0 Å². The van der Waals surface area contributed by atoms with Crippen LogP contribution in [0.5, 0.6) is 0 Å². The van der Waals surface area contributed by atoms with E-state index in [0.717, 1.165) is 22.3 Å². The first-order valence-corrected chi connectivity index (χ1v) is 12.0. The Kier molecular flexibility index (Phi) is 6.59. The Bertz CT molecular complexity index is 1470. The van der Waals surface area contributed by atoms with Crippen LogP contribution < -0.4 is 0 Å². The lowest BCUT2D eigenvalue weighted by Crippen LogP contribution is -2.11. The molecule has 0 heterocycles. The molecule has 0 saturated heterocycles. The summed E-state index contributed by atoms with van der Waals surface area (Å²) in [6, 6.07) is 25.3. The van der Waals surface area contributed by atoms with E-state index in [1.165, 1.54) is 48.5 Å². The van der Waals surface area contributed by atoms with Crippen LogP contribution in [0.3, 0.4) is 0 Å². The fourth-order valence-corrected chi connectivity index (χ4v) is 4.71. The number of rotatable bonds is 8. The molecule has 5 rings (SSSR count). The van der Waals surface area contributed by atoms with Crippen molar-refractivity contribution in [2.45, 2.75) is 0 Å². The molecule has 8 nitrogen and oxygen atoms in total. The summed E-state index contributed by atoms with van der Waals surface area (Å²) in [7, 11) is 0. The molecule has 0 aliphatic heterocycles. The van der Waals surface area contributed by atoms with Gasteiger partial charge in [-0.05, 0) is 93.1 Å². The van der Waals surface area contributed by atoms with Gasteiger partial charge in [0, 0.05) is 0 Å². The van der Waals surface area contributed by atoms with Gasteiger partial charge in [0.1, 0.15) is 0 Å². The molecule has 0 radical (unpaired) electrons. The number of aromatic carboxylic acids is 4. The zero-order valence-electron chi connectivity index (χ0n) is 20.7. The molecule has 4 aromatic rings. The van der Waals surface area contributed by atoms with Crippen LogP contribution in [0.2, 0.25) is 0 Å². The van der Waals surface area contributed by atoms with E-state index in [2.05, 4.69) is 0 Å². The van der Waals surface area contributed by atoms with Crippen molar-refractivity contribution >= 4 is 46.2 Å². The molecule has 1 aliphatic rings. The molecule has 0 aromatic heterocycles. The predicted molar refractivity (Wildman–Crippen MR) is 147 cm³/mol. The molecule has 4 aromatic carbocycles. The first kappa shape index (κ1) is 25.9. The minimum Gasteiger partial charge on any atom is -0.478 e. The van der Waals surface area contributed by atoms with Gasteiger partial charge in [0.05, 0.1) is 22.3 Å². The minimum absolute atomic E-state index is 0.108. The van der Waals surface area contributed by atoms with Crippen LogP contribution >= 0.6 is 0 Å². The number of hydrogen-bond acceptors (Lipinski definition) is 4. The highest BCUT2D eigenvalue weighted by Crippen LogP contribution is 2.56. The molecular weight excluding hydrogens is 512 g/mol. The van der Waals surface area contributed by atoms with Gasteiger partial charge in [0.25, 0.3) is 0 Å². The van der Waals surface area contributed by atoms with Crippen molar-refractivity contribution in [3.05, 3.63) is 142 Å². The van der Waals surface area contributed by atoms with Gasteiger partial charge in [-0.25, -0.2) is 19.2 Å². The molecule has 0 unspecified atom stereocenters. The molecule has 0 fully saturated rings. The van der Waals surface area contributed by atoms with E-state index >= 15 is 0 Å². The maximum absolute atomic E-state index is 11.5. The van der Waals surface area contributed by atoms with Crippen molar-refractivity contribution in [1.29, 1.82) is 0 Å². The first-order valence-electron chi connectivity index (χ1n) is 12.0. The maximum atomic E-state index is 11.5. The van der Waals surface area contributed by atoms with Crippen LogP contribution in [0.25, 0.3) is 22.3 Å². The molecule has 1 aliphatic carbocycles. The van der Waals surface area contributed by atoms with Crippen molar-refractivity contribution in [2.24, 2.45) is 0 Å². The second-order valence-electron chi connectivity index (χ2n) is 9.03.